The molecule has 1 aromatic rings. The lowest BCUT2D eigenvalue weighted by molar-refractivity contribution is -0.385. The molecule has 0 unspecified atom stereocenters. The molecule has 0 atom stereocenters. The lowest BCUT2D eigenvalue weighted by Gasteiger charge is -2.17. The van der Waals surface area contributed by atoms with Crippen LogP contribution in [0.15, 0.2) is 24.3 Å². The van der Waals surface area contributed by atoms with Crippen molar-refractivity contribution in [1.82, 2.24) is 0 Å². The summed E-state index contributed by atoms with van der Waals surface area (Å²) in [5.41, 5.74) is -0.508. The highest BCUT2D eigenvalue weighted by atomic mass is 19.4. The predicted molar refractivity (Wildman–Crippen MR) is 53.9 cm³/mol. The second-order valence-corrected chi connectivity index (χ2v) is 3.58. The molecule has 0 saturated carbocycles. The standard InChI is InChI=1S/C10H6F5NO4/c11-9(12,10(13,14)15)8(17)20-5-6-2-1-3-7(4-6)16(18)19/h1-4H,5H2. The van der Waals surface area contributed by atoms with E-state index < -0.39 is 35.3 Å². The number of nitrogens with zero attached hydrogens (tertiary/aromatic N) is 1. The van der Waals surface area contributed by atoms with Gasteiger partial charge < -0.3 is 4.74 Å². The number of carbonyl (C=O) groups is 1. The molecule has 0 spiro atoms. The Balaban J connectivity index is 2.75. The number of ether oxygens (including phenoxy) is 1. The molecule has 0 N–H and O–H groups in total. The molecule has 0 saturated heterocycles. The maximum Gasteiger partial charge on any atom is 0.465 e. The van der Waals surface area contributed by atoms with Gasteiger partial charge in [-0.15, -0.1) is 0 Å². The Morgan fingerprint density at radius 1 is 1.25 bits per heavy atom. The van der Waals surface area contributed by atoms with Crippen LogP contribution in [0.1, 0.15) is 5.56 Å². The first-order chi connectivity index (χ1) is 9.05. The van der Waals surface area contributed by atoms with Gasteiger partial charge in [0.15, 0.2) is 0 Å². The predicted octanol–water partition coefficient (Wildman–Crippen LogP) is 2.84. The minimum atomic E-state index is -6.06. The molecule has 10 heteroatoms. The van der Waals surface area contributed by atoms with Crippen molar-refractivity contribution in [3.63, 3.8) is 0 Å². The van der Waals surface area contributed by atoms with Crippen LogP contribution in [0.2, 0.25) is 0 Å². The third-order valence-electron chi connectivity index (χ3n) is 2.10. The summed E-state index contributed by atoms with van der Waals surface area (Å²) in [6.07, 6.45) is -6.06. The molecule has 0 heterocycles. The number of rotatable bonds is 4. The van der Waals surface area contributed by atoms with Crippen LogP contribution in [0.5, 0.6) is 0 Å². The molecule has 110 valence electrons. The Labute approximate surface area is 108 Å². The van der Waals surface area contributed by atoms with Crippen LogP contribution < -0.4 is 0 Å². The smallest absolute Gasteiger partial charge is 0.456 e. The van der Waals surface area contributed by atoms with Gasteiger partial charge in [-0.25, -0.2) is 4.79 Å². The zero-order valence-electron chi connectivity index (χ0n) is 9.49. The van der Waals surface area contributed by atoms with E-state index in [0.717, 1.165) is 12.1 Å². The first kappa shape index (κ1) is 15.8. The van der Waals surface area contributed by atoms with Crippen molar-refractivity contribution in [1.29, 1.82) is 0 Å². The molecule has 0 aliphatic carbocycles. The van der Waals surface area contributed by atoms with Crippen molar-refractivity contribution in [3.05, 3.63) is 39.9 Å². The minimum Gasteiger partial charge on any atom is -0.456 e. The molecule has 1 aromatic carbocycles. The van der Waals surface area contributed by atoms with Gasteiger partial charge in [0.25, 0.3) is 5.69 Å². The van der Waals surface area contributed by atoms with Gasteiger partial charge >= 0.3 is 18.1 Å². The van der Waals surface area contributed by atoms with Crippen molar-refractivity contribution in [3.8, 4) is 0 Å². The summed E-state index contributed by atoms with van der Waals surface area (Å²) < 4.78 is 64.4. The molecule has 0 fully saturated rings. The van der Waals surface area contributed by atoms with Crippen LogP contribution in [0.4, 0.5) is 27.6 Å². The van der Waals surface area contributed by atoms with Gasteiger partial charge in [0, 0.05) is 12.1 Å². The van der Waals surface area contributed by atoms with Gasteiger partial charge in [0.1, 0.15) is 6.61 Å². The van der Waals surface area contributed by atoms with Gasteiger partial charge in [-0.05, 0) is 5.56 Å². The quantitative estimate of drug-likeness (QED) is 0.371. The van der Waals surface area contributed by atoms with E-state index in [9.17, 15) is 36.9 Å². The number of hydrogen-bond acceptors (Lipinski definition) is 4. The van der Waals surface area contributed by atoms with E-state index in [1.807, 2.05) is 0 Å². The van der Waals surface area contributed by atoms with E-state index in [1.54, 1.807) is 0 Å². The van der Waals surface area contributed by atoms with Gasteiger partial charge in [-0.3, -0.25) is 10.1 Å². The number of esters is 1. The molecule has 0 aromatic heterocycles. The molecule has 1 rings (SSSR count). The number of carbonyl (C=O) groups excluding carboxylic acids is 1. The summed E-state index contributed by atoms with van der Waals surface area (Å²) >= 11 is 0. The molecule has 0 bridgehead atoms. The first-order valence-corrected chi connectivity index (χ1v) is 4.91. The average molecular weight is 299 g/mol. The van der Waals surface area contributed by atoms with Gasteiger partial charge in [0.2, 0.25) is 0 Å². The first-order valence-electron chi connectivity index (χ1n) is 4.91. The van der Waals surface area contributed by atoms with Crippen molar-refractivity contribution in [2.45, 2.75) is 18.7 Å². The fraction of sp³-hybridized carbons (Fsp3) is 0.300. The zero-order valence-corrected chi connectivity index (χ0v) is 9.49. The molecular weight excluding hydrogens is 293 g/mol. The van der Waals surface area contributed by atoms with Crippen molar-refractivity contribution < 1.29 is 36.4 Å². The fourth-order valence-corrected chi connectivity index (χ4v) is 1.12. The van der Waals surface area contributed by atoms with Gasteiger partial charge in [-0.2, -0.15) is 22.0 Å². The number of nitro benzene ring substituents is 1. The number of halogens is 5. The third kappa shape index (κ3) is 3.39. The van der Waals surface area contributed by atoms with Crippen LogP contribution in [-0.4, -0.2) is 23.0 Å². The van der Waals surface area contributed by atoms with E-state index >= 15 is 0 Å². The normalized spacial score (nSPS) is 12.1. The topological polar surface area (TPSA) is 69.4 Å². The minimum absolute atomic E-state index is 0.0921. The fourth-order valence-electron chi connectivity index (χ4n) is 1.12. The lowest BCUT2D eigenvalue weighted by Crippen LogP contribution is -2.45. The largest absolute Gasteiger partial charge is 0.465 e. The zero-order chi connectivity index (χ0) is 15.6. The number of hydrogen-bond donors (Lipinski definition) is 0. The maximum absolute atomic E-state index is 12.5. The molecular formula is C10H6F5NO4. The van der Waals surface area contributed by atoms with Crippen molar-refractivity contribution in [2.24, 2.45) is 0 Å². The van der Waals surface area contributed by atoms with E-state index in [2.05, 4.69) is 4.74 Å². The van der Waals surface area contributed by atoms with Crippen molar-refractivity contribution >= 4 is 11.7 Å². The van der Waals surface area contributed by atoms with E-state index in [0.29, 0.717) is 0 Å². The number of benzene rings is 1. The third-order valence-corrected chi connectivity index (χ3v) is 2.10. The molecule has 5 nitrogen and oxygen atoms in total. The highest BCUT2D eigenvalue weighted by Gasteiger charge is 2.64. The second kappa shape index (κ2) is 5.39. The number of alkyl halides is 5. The van der Waals surface area contributed by atoms with E-state index in [1.165, 1.54) is 12.1 Å². The Morgan fingerprint density at radius 2 is 1.85 bits per heavy atom. The van der Waals surface area contributed by atoms with E-state index in [4.69, 9.17) is 0 Å². The van der Waals surface area contributed by atoms with Crippen LogP contribution in [0.3, 0.4) is 0 Å². The van der Waals surface area contributed by atoms with Crippen LogP contribution in [0, 0.1) is 10.1 Å². The van der Waals surface area contributed by atoms with E-state index in [-0.39, 0.29) is 5.56 Å². The SMILES string of the molecule is O=C(OCc1cccc([N+](=O)[O-])c1)C(F)(F)C(F)(F)F. The van der Waals surface area contributed by atoms with Gasteiger partial charge in [0.05, 0.1) is 4.92 Å². The number of nitro groups is 1. The van der Waals surface area contributed by atoms with Crippen LogP contribution in [-0.2, 0) is 16.1 Å². The summed E-state index contributed by atoms with van der Waals surface area (Å²) in [5, 5.41) is 10.4. The Hall–Kier alpha value is -2.26. The number of non-ortho nitro benzene ring substituents is 1. The maximum atomic E-state index is 12.5. The molecule has 0 aliphatic rings. The Kier molecular flexibility index (Phi) is 4.26. The highest BCUT2D eigenvalue weighted by Crippen LogP contribution is 2.36. The monoisotopic (exact) mass is 299 g/mol. The molecule has 0 amide bonds. The summed E-state index contributed by atoms with van der Waals surface area (Å²) in [5.74, 6) is -8.40. The Morgan fingerprint density at radius 3 is 2.35 bits per heavy atom. The van der Waals surface area contributed by atoms with Gasteiger partial charge in [-0.1, -0.05) is 12.1 Å². The summed E-state index contributed by atoms with van der Waals surface area (Å²) in [6, 6.07) is 4.31. The van der Waals surface area contributed by atoms with Crippen LogP contribution >= 0.6 is 0 Å². The summed E-state index contributed by atoms with van der Waals surface area (Å²) in [6.45, 7) is -0.938. The molecule has 20 heavy (non-hydrogen) atoms. The Bertz CT molecular complexity index is 529. The molecule has 0 aliphatic heterocycles. The lowest BCUT2D eigenvalue weighted by atomic mass is 10.2. The van der Waals surface area contributed by atoms with Crippen LogP contribution in [0.25, 0.3) is 0 Å². The highest BCUT2D eigenvalue weighted by molar-refractivity contribution is 5.78. The average Bonchev–Trinajstić information content (AvgIpc) is 2.34. The molecule has 0 radical (unpaired) electrons. The summed E-state index contributed by atoms with van der Waals surface area (Å²) in [7, 11) is 0. The summed E-state index contributed by atoms with van der Waals surface area (Å²) in [4.78, 5) is 20.3. The second-order valence-electron chi connectivity index (χ2n) is 3.58. The van der Waals surface area contributed by atoms with Crippen molar-refractivity contribution in [2.75, 3.05) is 0 Å².